The van der Waals surface area contributed by atoms with E-state index in [1.54, 1.807) is 4.68 Å². The number of hydrogen-bond donors (Lipinski definition) is 0. The van der Waals surface area contributed by atoms with Crippen LogP contribution in [0.3, 0.4) is 0 Å². The number of rotatable bonds is 3. The molecule has 0 atom stereocenters. The Labute approximate surface area is 158 Å². The first-order chi connectivity index (χ1) is 13.0. The highest BCUT2D eigenvalue weighted by atomic mass is 16.2. The number of piperidine rings is 1. The molecule has 3 aromatic rings. The van der Waals surface area contributed by atoms with Gasteiger partial charge in [-0.1, -0.05) is 12.1 Å². The van der Waals surface area contributed by atoms with Gasteiger partial charge in [-0.15, -0.1) is 0 Å². The minimum absolute atomic E-state index is 0.0114. The van der Waals surface area contributed by atoms with Crippen molar-refractivity contribution in [2.75, 3.05) is 25.0 Å². The molecule has 1 aliphatic heterocycles. The largest absolute Gasteiger partial charge is 0.355 e. The van der Waals surface area contributed by atoms with Crippen LogP contribution < -0.4 is 4.90 Å². The van der Waals surface area contributed by atoms with Crippen molar-refractivity contribution in [3.63, 3.8) is 0 Å². The van der Waals surface area contributed by atoms with Crippen LogP contribution in [0.15, 0.2) is 36.5 Å². The van der Waals surface area contributed by atoms with E-state index in [4.69, 9.17) is 4.98 Å². The van der Waals surface area contributed by atoms with E-state index in [1.165, 1.54) is 0 Å². The fourth-order valence-corrected chi connectivity index (χ4v) is 3.59. The van der Waals surface area contributed by atoms with Crippen molar-refractivity contribution >= 4 is 22.8 Å². The number of benzene rings is 1. The number of carbonyl (C=O) groups is 1. The Morgan fingerprint density at radius 1 is 1.19 bits per heavy atom. The third kappa shape index (κ3) is 3.37. The molecule has 0 bridgehead atoms. The Morgan fingerprint density at radius 2 is 1.89 bits per heavy atom. The maximum atomic E-state index is 12.7. The van der Waals surface area contributed by atoms with Crippen LogP contribution in [-0.4, -0.2) is 56.7 Å². The van der Waals surface area contributed by atoms with Gasteiger partial charge in [0, 0.05) is 38.9 Å². The lowest BCUT2D eigenvalue weighted by molar-refractivity contribution is 0.0702. The molecule has 0 spiro atoms. The Bertz CT molecular complexity index is 954. The van der Waals surface area contributed by atoms with E-state index in [2.05, 4.69) is 15.0 Å². The number of nitrogens with zero attached hydrogens (tertiary/aromatic N) is 6. The smallest absolute Gasteiger partial charge is 0.274 e. The second-order valence-corrected chi connectivity index (χ2v) is 7.15. The van der Waals surface area contributed by atoms with E-state index >= 15 is 0 Å². The van der Waals surface area contributed by atoms with Gasteiger partial charge in [-0.2, -0.15) is 5.10 Å². The molecule has 0 saturated carbocycles. The molecule has 0 N–H and O–H groups in total. The van der Waals surface area contributed by atoms with Crippen LogP contribution in [0.5, 0.6) is 0 Å². The SMILES string of the molecule is Cc1cc(C(=O)N(C)C2CCN(c3cnc4ccccc4n3)CC2)nn1C. The summed E-state index contributed by atoms with van der Waals surface area (Å²) < 4.78 is 1.74. The fraction of sp³-hybridized carbons (Fsp3) is 0.400. The molecule has 0 unspecified atom stereocenters. The monoisotopic (exact) mass is 364 g/mol. The van der Waals surface area contributed by atoms with Crippen LogP contribution in [0.1, 0.15) is 29.0 Å². The van der Waals surface area contributed by atoms with E-state index in [9.17, 15) is 4.79 Å². The van der Waals surface area contributed by atoms with Crippen LogP contribution >= 0.6 is 0 Å². The Balaban J connectivity index is 1.42. The predicted molar refractivity (Wildman–Crippen MR) is 105 cm³/mol. The number of amides is 1. The second kappa shape index (κ2) is 6.98. The maximum Gasteiger partial charge on any atom is 0.274 e. The molecule has 1 aromatic carbocycles. The third-order valence-electron chi connectivity index (χ3n) is 5.43. The van der Waals surface area contributed by atoms with Crippen molar-refractivity contribution in [2.24, 2.45) is 7.05 Å². The van der Waals surface area contributed by atoms with Crippen LogP contribution in [0, 0.1) is 6.92 Å². The van der Waals surface area contributed by atoms with E-state index in [0.29, 0.717) is 5.69 Å². The lowest BCUT2D eigenvalue weighted by atomic mass is 10.0. The van der Waals surface area contributed by atoms with Crippen LogP contribution in [0.4, 0.5) is 5.82 Å². The summed E-state index contributed by atoms with van der Waals surface area (Å²) in [6, 6.07) is 9.96. The summed E-state index contributed by atoms with van der Waals surface area (Å²) in [5.74, 6) is 0.893. The zero-order chi connectivity index (χ0) is 19.0. The van der Waals surface area contributed by atoms with Gasteiger partial charge in [-0.25, -0.2) is 4.98 Å². The first kappa shape index (κ1) is 17.5. The molecule has 1 aliphatic rings. The minimum Gasteiger partial charge on any atom is -0.355 e. The quantitative estimate of drug-likeness (QED) is 0.714. The average Bonchev–Trinajstić information content (AvgIpc) is 3.05. The van der Waals surface area contributed by atoms with E-state index in [0.717, 1.165) is 48.5 Å². The summed E-state index contributed by atoms with van der Waals surface area (Å²) in [4.78, 5) is 26.1. The van der Waals surface area contributed by atoms with Crippen molar-refractivity contribution < 1.29 is 4.79 Å². The van der Waals surface area contributed by atoms with Gasteiger partial charge in [0.1, 0.15) is 5.82 Å². The second-order valence-electron chi connectivity index (χ2n) is 7.15. The highest BCUT2D eigenvalue weighted by Crippen LogP contribution is 2.22. The molecular weight excluding hydrogens is 340 g/mol. The maximum absolute atomic E-state index is 12.7. The van der Waals surface area contributed by atoms with Crippen LogP contribution in [0.2, 0.25) is 0 Å². The van der Waals surface area contributed by atoms with Crippen LogP contribution in [-0.2, 0) is 7.05 Å². The van der Waals surface area contributed by atoms with E-state index < -0.39 is 0 Å². The van der Waals surface area contributed by atoms with Crippen LogP contribution in [0.25, 0.3) is 11.0 Å². The number of anilines is 1. The summed E-state index contributed by atoms with van der Waals surface area (Å²) in [5.41, 5.74) is 3.32. The molecule has 140 valence electrons. The molecule has 1 saturated heterocycles. The summed E-state index contributed by atoms with van der Waals surface area (Å²) in [5, 5.41) is 4.31. The van der Waals surface area contributed by atoms with Gasteiger partial charge < -0.3 is 9.80 Å². The third-order valence-corrected chi connectivity index (χ3v) is 5.43. The Morgan fingerprint density at radius 3 is 2.56 bits per heavy atom. The molecule has 1 amide bonds. The zero-order valence-corrected chi connectivity index (χ0v) is 16.0. The number of fused-ring (bicyclic) bond motifs is 1. The van der Waals surface area contributed by atoms with Gasteiger partial charge in [0.2, 0.25) is 0 Å². The molecule has 0 radical (unpaired) electrons. The Kier molecular flexibility index (Phi) is 4.51. The van der Waals surface area contributed by atoms with Gasteiger partial charge in [-0.3, -0.25) is 14.5 Å². The van der Waals surface area contributed by atoms with Gasteiger partial charge >= 0.3 is 0 Å². The van der Waals surface area contributed by atoms with Crippen molar-refractivity contribution in [3.05, 3.63) is 47.9 Å². The lowest BCUT2D eigenvalue weighted by Gasteiger charge is -2.37. The topological polar surface area (TPSA) is 67.2 Å². The molecule has 1 fully saturated rings. The molecule has 0 aliphatic carbocycles. The summed E-state index contributed by atoms with van der Waals surface area (Å²) in [6.45, 7) is 3.67. The van der Waals surface area contributed by atoms with Gasteiger partial charge in [0.25, 0.3) is 5.91 Å². The Hall–Kier alpha value is -2.96. The number of para-hydroxylation sites is 2. The number of hydrogen-bond acceptors (Lipinski definition) is 5. The first-order valence-electron chi connectivity index (χ1n) is 9.27. The molecule has 4 rings (SSSR count). The molecular formula is C20H24N6O. The molecule has 7 heteroatoms. The molecule has 2 aromatic heterocycles. The zero-order valence-electron chi connectivity index (χ0n) is 16.0. The highest BCUT2D eigenvalue weighted by Gasteiger charge is 2.28. The minimum atomic E-state index is -0.0114. The number of aryl methyl sites for hydroxylation is 2. The standard InChI is InChI=1S/C20H24N6O/c1-14-12-18(23-25(14)3)20(27)24(2)15-8-10-26(11-9-15)19-13-21-16-6-4-5-7-17(16)22-19/h4-7,12-13,15H,8-11H2,1-3H3. The molecule has 3 heterocycles. The van der Waals surface area contributed by atoms with E-state index in [1.807, 2.05) is 62.4 Å². The summed E-state index contributed by atoms with van der Waals surface area (Å²) in [6.07, 6.45) is 3.65. The summed E-state index contributed by atoms with van der Waals surface area (Å²) in [7, 11) is 3.73. The van der Waals surface area contributed by atoms with Gasteiger partial charge in [0.05, 0.1) is 17.2 Å². The fourth-order valence-electron chi connectivity index (χ4n) is 3.59. The van der Waals surface area contributed by atoms with Gasteiger partial charge in [0.15, 0.2) is 5.69 Å². The van der Waals surface area contributed by atoms with Crippen molar-refractivity contribution in [1.82, 2.24) is 24.6 Å². The summed E-state index contributed by atoms with van der Waals surface area (Å²) >= 11 is 0. The van der Waals surface area contributed by atoms with Gasteiger partial charge in [-0.05, 0) is 38.0 Å². The highest BCUT2D eigenvalue weighted by molar-refractivity contribution is 5.92. The number of carbonyl (C=O) groups excluding carboxylic acids is 1. The van der Waals surface area contributed by atoms with Crippen molar-refractivity contribution in [3.8, 4) is 0 Å². The van der Waals surface area contributed by atoms with Crippen molar-refractivity contribution in [1.29, 1.82) is 0 Å². The normalized spacial score (nSPS) is 15.3. The first-order valence-corrected chi connectivity index (χ1v) is 9.27. The predicted octanol–water partition coefficient (Wildman–Crippen LogP) is 2.41. The lowest BCUT2D eigenvalue weighted by Crippen LogP contribution is -2.46. The average molecular weight is 364 g/mol. The molecule has 27 heavy (non-hydrogen) atoms. The van der Waals surface area contributed by atoms with Crippen molar-refractivity contribution in [2.45, 2.75) is 25.8 Å². The molecule has 7 nitrogen and oxygen atoms in total. The number of aromatic nitrogens is 4. The van der Waals surface area contributed by atoms with E-state index in [-0.39, 0.29) is 11.9 Å².